The van der Waals surface area contributed by atoms with Gasteiger partial charge in [-0.05, 0) is 18.6 Å². The van der Waals surface area contributed by atoms with E-state index in [2.05, 4.69) is 10.3 Å². The lowest BCUT2D eigenvalue weighted by Gasteiger charge is -2.30. The molecule has 16 heavy (non-hydrogen) atoms. The molecule has 1 heterocycles. The summed E-state index contributed by atoms with van der Waals surface area (Å²) in [6.07, 6.45) is 2.08. The van der Waals surface area contributed by atoms with Gasteiger partial charge in [0.25, 0.3) is 0 Å². The molecule has 86 valence electrons. The van der Waals surface area contributed by atoms with E-state index >= 15 is 0 Å². The first kappa shape index (κ1) is 12.4. The Bertz CT molecular complexity index is 375. The molecule has 1 rings (SSSR count). The lowest BCUT2D eigenvalue weighted by atomic mass is 9.98. The fraction of sp³-hybridized carbons (Fsp3) is 0.455. The number of pyridine rings is 1. The Morgan fingerprint density at radius 2 is 2.19 bits per heavy atom. The standard InChI is InChI=1S/C11H15N3O2/c1-2-11(7-15,8-16)14-9-3-4-13-10(5-9)6-12/h3-5,15-16H,2,7-8H2,1H3,(H,13,14). The lowest BCUT2D eigenvalue weighted by molar-refractivity contribution is 0.132. The first-order valence-corrected chi connectivity index (χ1v) is 5.05. The molecule has 1 aromatic rings. The third-order valence-corrected chi connectivity index (χ3v) is 2.57. The molecular formula is C11H15N3O2. The van der Waals surface area contributed by atoms with Crippen LogP contribution in [0.4, 0.5) is 5.69 Å². The van der Waals surface area contributed by atoms with Crippen LogP contribution in [0.15, 0.2) is 18.3 Å². The van der Waals surface area contributed by atoms with Crippen molar-refractivity contribution in [3.05, 3.63) is 24.0 Å². The molecule has 0 amide bonds. The second kappa shape index (κ2) is 5.45. The number of nitrogens with one attached hydrogen (secondary N) is 1. The van der Waals surface area contributed by atoms with Gasteiger partial charge in [0.1, 0.15) is 11.8 Å². The summed E-state index contributed by atoms with van der Waals surface area (Å²) in [4.78, 5) is 3.84. The normalized spacial score (nSPS) is 10.9. The number of nitrogens with zero attached hydrogens (tertiary/aromatic N) is 2. The van der Waals surface area contributed by atoms with Crippen LogP contribution < -0.4 is 5.32 Å². The van der Waals surface area contributed by atoms with Crippen LogP contribution in [0.25, 0.3) is 0 Å². The Labute approximate surface area is 94.4 Å². The molecule has 0 atom stereocenters. The van der Waals surface area contributed by atoms with E-state index in [0.717, 1.165) is 0 Å². The third-order valence-electron chi connectivity index (χ3n) is 2.57. The smallest absolute Gasteiger partial charge is 0.142 e. The number of nitriles is 1. The van der Waals surface area contributed by atoms with Gasteiger partial charge in [0.15, 0.2) is 0 Å². The zero-order chi connectivity index (χ0) is 12.0. The van der Waals surface area contributed by atoms with Crippen molar-refractivity contribution >= 4 is 5.69 Å². The van der Waals surface area contributed by atoms with Crippen LogP contribution in [-0.4, -0.2) is 33.9 Å². The molecule has 0 bridgehead atoms. The van der Waals surface area contributed by atoms with Crippen LogP contribution in [0.3, 0.4) is 0 Å². The van der Waals surface area contributed by atoms with Gasteiger partial charge in [-0.3, -0.25) is 0 Å². The highest BCUT2D eigenvalue weighted by Crippen LogP contribution is 2.18. The summed E-state index contributed by atoms with van der Waals surface area (Å²) in [5, 5.41) is 30.2. The maximum Gasteiger partial charge on any atom is 0.142 e. The molecule has 0 unspecified atom stereocenters. The fourth-order valence-corrected chi connectivity index (χ4v) is 1.32. The topological polar surface area (TPSA) is 89.2 Å². The van der Waals surface area contributed by atoms with E-state index < -0.39 is 5.54 Å². The number of anilines is 1. The number of aliphatic hydroxyl groups excluding tert-OH is 2. The van der Waals surface area contributed by atoms with Crippen molar-refractivity contribution in [2.45, 2.75) is 18.9 Å². The van der Waals surface area contributed by atoms with Crippen LogP contribution in [0.1, 0.15) is 19.0 Å². The van der Waals surface area contributed by atoms with Crippen molar-refractivity contribution in [2.75, 3.05) is 18.5 Å². The predicted molar refractivity (Wildman–Crippen MR) is 59.8 cm³/mol. The minimum atomic E-state index is -0.756. The van der Waals surface area contributed by atoms with Crippen molar-refractivity contribution in [3.8, 4) is 6.07 Å². The zero-order valence-corrected chi connectivity index (χ0v) is 9.14. The van der Waals surface area contributed by atoms with Gasteiger partial charge in [0.2, 0.25) is 0 Å². The van der Waals surface area contributed by atoms with E-state index in [0.29, 0.717) is 17.8 Å². The average Bonchev–Trinajstić information content (AvgIpc) is 2.36. The van der Waals surface area contributed by atoms with Gasteiger partial charge in [0, 0.05) is 11.9 Å². The number of hydrogen-bond acceptors (Lipinski definition) is 5. The maximum atomic E-state index is 9.26. The quantitative estimate of drug-likeness (QED) is 0.673. The van der Waals surface area contributed by atoms with Crippen LogP contribution in [0, 0.1) is 11.3 Å². The Hall–Kier alpha value is -1.64. The summed E-state index contributed by atoms with van der Waals surface area (Å²) >= 11 is 0. The molecule has 0 aliphatic carbocycles. The molecule has 0 fully saturated rings. The molecule has 0 saturated carbocycles. The first-order valence-electron chi connectivity index (χ1n) is 5.05. The van der Waals surface area contributed by atoms with Crippen molar-refractivity contribution in [1.82, 2.24) is 4.98 Å². The molecule has 0 saturated heterocycles. The molecule has 0 aliphatic rings. The second-order valence-electron chi connectivity index (χ2n) is 3.62. The highest BCUT2D eigenvalue weighted by atomic mass is 16.3. The monoisotopic (exact) mass is 221 g/mol. The Morgan fingerprint density at radius 3 is 2.69 bits per heavy atom. The zero-order valence-electron chi connectivity index (χ0n) is 9.14. The highest BCUT2D eigenvalue weighted by molar-refractivity contribution is 5.48. The van der Waals surface area contributed by atoms with Crippen LogP contribution in [0.2, 0.25) is 0 Å². The molecular weight excluding hydrogens is 206 g/mol. The van der Waals surface area contributed by atoms with Gasteiger partial charge in [0.05, 0.1) is 18.8 Å². The fourth-order valence-electron chi connectivity index (χ4n) is 1.32. The van der Waals surface area contributed by atoms with E-state index in [1.54, 1.807) is 12.1 Å². The van der Waals surface area contributed by atoms with Gasteiger partial charge in [-0.15, -0.1) is 0 Å². The lowest BCUT2D eigenvalue weighted by Crippen LogP contribution is -2.45. The minimum Gasteiger partial charge on any atom is -0.394 e. The van der Waals surface area contributed by atoms with E-state index in [4.69, 9.17) is 5.26 Å². The minimum absolute atomic E-state index is 0.176. The first-order chi connectivity index (χ1) is 7.69. The summed E-state index contributed by atoms with van der Waals surface area (Å²) in [5.41, 5.74) is 0.205. The van der Waals surface area contributed by atoms with Gasteiger partial charge < -0.3 is 15.5 Å². The van der Waals surface area contributed by atoms with E-state index in [-0.39, 0.29) is 13.2 Å². The Morgan fingerprint density at radius 1 is 1.50 bits per heavy atom. The van der Waals surface area contributed by atoms with Gasteiger partial charge in [-0.1, -0.05) is 6.92 Å². The largest absolute Gasteiger partial charge is 0.394 e. The molecule has 3 N–H and O–H groups in total. The molecule has 5 heteroatoms. The summed E-state index contributed by atoms with van der Waals surface area (Å²) < 4.78 is 0. The molecule has 5 nitrogen and oxygen atoms in total. The maximum absolute atomic E-state index is 9.26. The van der Waals surface area contributed by atoms with Crippen molar-refractivity contribution in [2.24, 2.45) is 0 Å². The number of aliphatic hydroxyl groups is 2. The summed E-state index contributed by atoms with van der Waals surface area (Å²) in [7, 11) is 0. The highest BCUT2D eigenvalue weighted by Gasteiger charge is 2.26. The van der Waals surface area contributed by atoms with Gasteiger partial charge >= 0.3 is 0 Å². The molecule has 0 aliphatic heterocycles. The second-order valence-corrected chi connectivity index (χ2v) is 3.62. The van der Waals surface area contributed by atoms with Crippen LogP contribution in [0.5, 0.6) is 0 Å². The van der Waals surface area contributed by atoms with E-state index in [1.807, 2.05) is 13.0 Å². The predicted octanol–water partition coefficient (Wildman–Crippen LogP) is 0.499. The van der Waals surface area contributed by atoms with Crippen molar-refractivity contribution in [3.63, 3.8) is 0 Å². The van der Waals surface area contributed by atoms with Gasteiger partial charge in [-0.2, -0.15) is 5.26 Å². The number of hydrogen-bond donors (Lipinski definition) is 3. The Kier molecular flexibility index (Phi) is 4.23. The molecule has 1 aromatic heterocycles. The van der Waals surface area contributed by atoms with Gasteiger partial charge in [-0.25, -0.2) is 4.98 Å². The SMILES string of the molecule is CCC(CO)(CO)Nc1ccnc(C#N)c1. The van der Waals surface area contributed by atoms with E-state index in [9.17, 15) is 10.2 Å². The number of rotatable bonds is 5. The average molecular weight is 221 g/mol. The number of aromatic nitrogens is 1. The summed E-state index contributed by atoms with van der Waals surface area (Å²) in [5.74, 6) is 0. The molecule has 0 aromatic carbocycles. The molecule has 0 radical (unpaired) electrons. The summed E-state index contributed by atoms with van der Waals surface area (Å²) in [6.45, 7) is 1.51. The summed E-state index contributed by atoms with van der Waals surface area (Å²) in [6, 6.07) is 5.20. The third kappa shape index (κ3) is 2.69. The molecule has 0 spiro atoms. The van der Waals surface area contributed by atoms with Crippen LogP contribution >= 0.6 is 0 Å². The van der Waals surface area contributed by atoms with Crippen molar-refractivity contribution < 1.29 is 10.2 Å². The van der Waals surface area contributed by atoms with E-state index in [1.165, 1.54) is 6.20 Å². The van der Waals surface area contributed by atoms with Crippen LogP contribution in [-0.2, 0) is 0 Å². The Balaban J connectivity index is 2.90. The van der Waals surface area contributed by atoms with Crippen molar-refractivity contribution in [1.29, 1.82) is 5.26 Å².